The predicted octanol–water partition coefficient (Wildman–Crippen LogP) is 16.3. The third kappa shape index (κ3) is 6.18. The Balaban J connectivity index is 0.996. The molecule has 0 aliphatic rings. The van der Waals surface area contributed by atoms with Crippen LogP contribution in [0.2, 0.25) is 0 Å². The Morgan fingerprint density at radius 2 is 0.828 bits per heavy atom. The number of thiophene rings is 2. The van der Waals surface area contributed by atoms with Crippen LogP contribution in [0.15, 0.2) is 206 Å². The third-order valence-electron chi connectivity index (χ3n) is 12.3. The van der Waals surface area contributed by atoms with Gasteiger partial charge in [-0.2, -0.15) is 0 Å². The highest BCUT2D eigenvalue weighted by Gasteiger charge is 2.18. The minimum absolute atomic E-state index is 0.672. The number of hydrogen-bond donors (Lipinski definition) is 0. The van der Waals surface area contributed by atoms with Crippen molar-refractivity contribution in [2.45, 2.75) is 0 Å². The molecule has 0 saturated carbocycles. The summed E-state index contributed by atoms with van der Waals surface area (Å²) in [5.41, 5.74) is 13.1. The lowest BCUT2D eigenvalue weighted by Crippen LogP contribution is -1.97. The van der Waals surface area contributed by atoms with Gasteiger partial charge in [-0.3, -0.25) is 4.98 Å². The Labute approximate surface area is 376 Å². The molecule has 13 aromatic rings. The summed E-state index contributed by atoms with van der Waals surface area (Å²) in [6, 6.07) is 71.4. The molecule has 4 nitrogen and oxygen atoms in total. The summed E-state index contributed by atoms with van der Waals surface area (Å²) < 4.78 is 5.12. The molecule has 0 aliphatic heterocycles. The summed E-state index contributed by atoms with van der Waals surface area (Å²) in [6.07, 6.45) is 1.83. The van der Waals surface area contributed by atoms with Crippen molar-refractivity contribution in [3.63, 3.8) is 0 Å². The Hall–Kier alpha value is -7.90. The van der Waals surface area contributed by atoms with Crippen LogP contribution in [0.25, 0.3) is 130 Å². The highest BCUT2D eigenvalue weighted by atomic mass is 32.1. The van der Waals surface area contributed by atoms with Gasteiger partial charge < -0.3 is 0 Å². The highest BCUT2D eigenvalue weighted by Crippen LogP contribution is 2.45. The molecule has 0 radical (unpaired) electrons. The van der Waals surface area contributed by atoms with Crippen molar-refractivity contribution in [3.8, 4) is 67.4 Å². The average molecular weight is 851 g/mol. The van der Waals surface area contributed by atoms with E-state index in [0.717, 1.165) is 72.3 Å². The minimum atomic E-state index is 0.672. The molecule has 5 heterocycles. The van der Waals surface area contributed by atoms with E-state index in [0.29, 0.717) is 5.82 Å². The molecule has 0 atom stereocenters. The van der Waals surface area contributed by atoms with E-state index >= 15 is 0 Å². The number of fused-ring (bicyclic) bond motifs is 9. The Morgan fingerprint density at radius 1 is 0.312 bits per heavy atom. The summed E-state index contributed by atoms with van der Waals surface area (Å²) in [5, 5.41) is 7.26. The fourth-order valence-electron chi connectivity index (χ4n) is 9.19. The minimum Gasteiger partial charge on any atom is -0.254 e. The number of benzene rings is 8. The quantitative estimate of drug-likeness (QED) is 0.156. The molecule has 13 rings (SSSR count). The van der Waals surface area contributed by atoms with Crippen molar-refractivity contribution in [1.82, 2.24) is 19.9 Å². The molecule has 0 amide bonds. The lowest BCUT2D eigenvalue weighted by molar-refractivity contribution is 1.18. The van der Waals surface area contributed by atoms with Crippen molar-refractivity contribution in [2.75, 3.05) is 0 Å². The normalized spacial score (nSPS) is 11.8. The molecule has 0 aliphatic carbocycles. The van der Waals surface area contributed by atoms with Crippen LogP contribution in [0.3, 0.4) is 0 Å². The molecular formula is C58H34N4S2. The molecule has 0 spiro atoms. The van der Waals surface area contributed by atoms with Crippen LogP contribution in [-0.4, -0.2) is 19.9 Å². The largest absolute Gasteiger partial charge is 0.254 e. The van der Waals surface area contributed by atoms with E-state index in [4.69, 9.17) is 15.0 Å². The summed E-state index contributed by atoms with van der Waals surface area (Å²) in [6.45, 7) is 0. The smallest absolute Gasteiger partial charge is 0.160 e. The van der Waals surface area contributed by atoms with Crippen LogP contribution in [0, 0.1) is 0 Å². The maximum atomic E-state index is 5.41. The van der Waals surface area contributed by atoms with E-state index in [1.54, 1.807) is 0 Å². The maximum absolute atomic E-state index is 5.41. The van der Waals surface area contributed by atoms with Crippen molar-refractivity contribution >= 4 is 84.8 Å². The van der Waals surface area contributed by atoms with E-state index in [-0.39, 0.29) is 0 Å². The fourth-order valence-corrected chi connectivity index (χ4v) is 11.7. The molecule has 6 heteroatoms. The first-order chi connectivity index (χ1) is 31.7. The lowest BCUT2D eigenvalue weighted by Gasteiger charge is -2.14. The Bertz CT molecular complexity index is 3830. The third-order valence-corrected chi connectivity index (χ3v) is 14.8. The average Bonchev–Trinajstić information content (AvgIpc) is 3.95. The second kappa shape index (κ2) is 14.9. The van der Waals surface area contributed by atoms with Crippen LogP contribution < -0.4 is 0 Å². The van der Waals surface area contributed by atoms with Crippen molar-refractivity contribution in [3.05, 3.63) is 206 Å². The zero-order chi connectivity index (χ0) is 42.1. The van der Waals surface area contributed by atoms with E-state index in [2.05, 4.69) is 193 Å². The van der Waals surface area contributed by atoms with Gasteiger partial charge in [0.1, 0.15) is 0 Å². The zero-order valence-electron chi connectivity index (χ0n) is 34.2. The van der Waals surface area contributed by atoms with Crippen molar-refractivity contribution < 1.29 is 0 Å². The summed E-state index contributed by atoms with van der Waals surface area (Å²) in [7, 11) is 0. The molecule has 0 fully saturated rings. The molecule has 5 aromatic heterocycles. The zero-order valence-corrected chi connectivity index (χ0v) is 35.9. The van der Waals surface area contributed by atoms with Gasteiger partial charge in [0, 0.05) is 79.6 Å². The van der Waals surface area contributed by atoms with Crippen LogP contribution in [0.4, 0.5) is 0 Å². The SMILES string of the molecule is c1ccc(-c2cc(-c3ccc(-c4ccc5ccc6cccnc6c5n4)cc3)nc(-c3cc(-c4cccc5c4sc4ccccc45)cc(-c4cccc5c4sc4ccccc45)c3)n2)cc1. The van der Waals surface area contributed by atoms with E-state index in [9.17, 15) is 0 Å². The van der Waals surface area contributed by atoms with Crippen molar-refractivity contribution in [1.29, 1.82) is 0 Å². The van der Waals surface area contributed by atoms with Gasteiger partial charge in [-0.1, -0.05) is 152 Å². The predicted molar refractivity (Wildman–Crippen MR) is 271 cm³/mol. The molecule has 0 saturated heterocycles. The highest BCUT2D eigenvalue weighted by molar-refractivity contribution is 7.26. The first-order valence-corrected chi connectivity index (χ1v) is 23.0. The molecular weight excluding hydrogens is 817 g/mol. The molecule has 0 N–H and O–H groups in total. The van der Waals surface area contributed by atoms with Crippen LogP contribution in [-0.2, 0) is 0 Å². The van der Waals surface area contributed by atoms with Crippen molar-refractivity contribution in [2.24, 2.45) is 0 Å². The Morgan fingerprint density at radius 3 is 1.47 bits per heavy atom. The van der Waals surface area contributed by atoms with E-state index in [1.807, 2.05) is 41.0 Å². The van der Waals surface area contributed by atoms with E-state index in [1.165, 1.54) is 51.5 Å². The van der Waals surface area contributed by atoms with Gasteiger partial charge >= 0.3 is 0 Å². The molecule has 298 valence electrons. The number of pyridine rings is 2. The molecule has 64 heavy (non-hydrogen) atoms. The summed E-state index contributed by atoms with van der Waals surface area (Å²) >= 11 is 3.71. The number of aromatic nitrogens is 4. The first kappa shape index (κ1) is 36.7. The van der Waals surface area contributed by atoms with Crippen LogP contribution >= 0.6 is 22.7 Å². The van der Waals surface area contributed by atoms with Crippen LogP contribution in [0.1, 0.15) is 0 Å². The molecule has 0 unspecified atom stereocenters. The second-order valence-corrected chi connectivity index (χ2v) is 18.3. The first-order valence-electron chi connectivity index (χ1n) is 21.4. The molecule has 0 bridgehead atoms. The van der Waals surface area contributed by atoms with Gasteiger partial charge in [0.05, 0.1) is 28.1 Å². The van der Waals surface area contributed by atoms with Crippen LogP contribution in [0.5, 0.6) is 0 Å². The van der Waals surface area contributed by atoms with Gasteiger partial charge in [-0.25, -0.2) is 15.0 Å². The number of nitrogens with zero attached hydrogens (tertiary/aromatic N) is 4. The summed E-state index contributed by atoms with van der Waals surface area (Å²) in [5.74, 6) is 0.672. The number of rotatable bonds is 6. The monoisotopic (exact) mass is 850 g/mol. The second-order valence-electron chi connectivity index (χ2n) is 16.2. The van der Waals surface area contributed by atoms with Gasteiger partial charge in [0.2, 0.25) is 0 Å². The summed E-state index contributed by atoms with van der Waals surface area (Å²) in [4.78, 5) is 20.6. The maximum Gasteiger partial charge on any atom is 0.160 e. The van der Waals surface area contributed by atoms with Gasteiger partial charge in [0.15, 0.2) is 5.82 Å². The standard InChI is InChI=1S/C58H34N4S2/c1-2-11-35(12-3-1)50-34-51(37-24-22-36(23-25-37)49-29-28-39-27-26-38-13-10-30-59-54(38)55(39)60-49)62-58(61-50)42-32-40(43-16-8-18-47-45-14-4-6-20-52(45)63-56(43)47)31-41(33-42)44-17-9-19-48-46-15-5-7-21-53(46)64-57(44)48/h1-34H. The lowest BCUT2D eigenvalue weighted by atomic mass is 9.94. The van der Waals surface area contributed by atoms with Gasteiger partial charge in [0.25, 0.3) is 0 Å². The fraction of sp³-hybridized carbons (Fsp3) is 0. The van der Waals surface area contributed by atoms with E-state index < -0.39 is 0 Å². The topological polar surface area (TPSA) is 51.6 Å². The van der Waals surface area contributed by atoms with Gasteiger partial charge in [-0.05, 0) is 70.8 Å². The molecule has 8 aromatic carbocycles. The number of hydrogen-bond acceptors (Lipinski definition) is 6. The Kier molecular flexibility index (Phi) is 8.54. The van der Waals surface area contributed by atoms with Gasteiger partial charge in [-0.15, -0.1) is 22.7 Å².